The zero-order chi connectivity index (χ0) is 12.7. The van der Waals surface area contributed by atoms with Crippen molar-refractivity contribution in [3.63, 3.8) is 0 Å². The van der Waals surface area contributed by atoms with E-state index in [1.807, 2.05) is 31.2 Å². The lowest BCUT2D eigenvalue weighted by Gasteiger charge is -2.09. The fraction of sp³-hybridized carbons (Fsp3) is 0.462. The fourth-order valence-electron chi connectivity index (χ4n) is 1.29. The van der Waals surface area contributed by atoms with Gasteiger partial charge in [0.05, 0.1) is 13.2 Å². The predicted molar refractivity (Wildman–Crippen MR) is 64.3 cm³/mol. The van der Waals surface area contributed by atoms with Crippen molar-refractivity contribution in [2.75, 3.05) is 13.2 Å². The Balaban J connectivity index is 2.14. The van der Waals surface area contributed by atoms with Gasteiger partial charge in [-0.2, -0.15) is 0 Å². The molecule has 0 aliphatic heterocycles. The van der Waals surface area contributed by atoms with Gasteiger partial charge in [-0.15, -0.1) is 0 Å². The van der Waals surface area contributed by atoms with Gasteiger partial charge in [0.25, 0.3) is 0 Å². The van der Waals surface area contributed by atoms with E-state index >= 15 is 0 Å². The number of benzene rings is 1. The molecule has 0 fully saturated rings. The maximum atomic E-state index is 10.5. The van der Waals surface area contributed by atoms with Gasteiger partial charge in [0.15, 0.2) is 6.10 Å². The highest BCUT2D eigenvalue weighted by Crippen LogP contribution is 2.12. The highest BCUT2D eigenvalue weighted by atomic mass is 16.5. The Morgan fingerprint density at radius 2 is 2.18 bits per heavy atom. The summed E-state index contributed by atoms with van der Waals surface area (Å²) in [6, 6.07) is 7.80. The summed E-state index contributed by atoms with van der Waals surface area (Å²) in [5, 5.41) is 8.59. The third kappa shape index (κ3) is 5.36. The zero-order valence-electron chi connectivity index (χ0n) is 10.2. The van der Waals surface area contributed by atoms with Crippen LogP contribution in [-0.2, 0) is 9.53 Å². The smallest absolute Gasteiger partial charge is 0.332 e. The van der Waals surface area contributed by atoms with Crippen LogP contribution >= 0.6 is 0 Å². The van der Waals surface area contributed by atoms with Crippen LogP contribution in [0.2, 0.25) is 0 Å². The van der Waals surface area contributed by atoms with Gasteiger partial charge in [0.2, 0.25) is 0 Å². The molecular formula is C13H18O4. The first kappa shape index (κ1) is 13.5. The SMILES string of the molecule is Cc1cccc(OCCCOC(C)C(=O)O)c1. The highest BCUT2D eigenvalue weighted by Gasteiger charge is 2.09. The standard InChI is InChI=1S/C13H18O4/c1-10-5-3-6-12(9-10)17-8-4-7-16-11(2)13(14)15/h3,5-6,9,11H,4,7-8H2,1-2H3,(H,14,15). The van der Waals surface area contributed by atoms with E-state index in [1.54, 1.807) is 0 Å². The predicted octanol–water partition coefficient (Wildman–Crippen LogP) is 2.25. The Hall–Kier alpha value is -1.55. The molecule has 4 heteroatoms. The van der Waals surface area contributed by atoms with Gasteiger partial charge in [-0.1, -0.05) is 12.1 Å². The van der Waals surface area contributed by atoms with E-state index in [4.69, 9.17) is 14.6 Å². The molecule has 0 aromatic heterocycles. The number of aryl methyl sites for hydroxylation is 1. The Kier molecular flexibility index (Phi) is 5.49. The number of carboxylic acids is 1. The summed E-state index contributed by atoms with van der Waals surface area (Å²) in [4.78, 5) is 10.5. The quantitative estimate of drug-likeness (QED) is 0.740. The van der Waals surface area contributed by atoms with Crippen LogP contribution in [0.25, 0.3) is 0 Å². The van der Waals surface area contributed by atoms with E-state index in [0.717, 1.165) is 11.3 Å². The van der Waals surface area contributed by atoms with Crippen LogP contribution in [0, 0.1) is 6.92 Å². The summed E-state index contributed by atoms with van der Waals surface area (Å²) >= 11 is 0. The summed E-state index contributed by atoms with van der Waals surface area (Å²) in [6.45, 7) is 4.43. The average Bonchev–Trinajstić information content (AvgIpc) is 2.28. The summed E-state index contributed by atoms with van der Waals surface area (Å²) in [6.07, 6.45) is -0.0834. The van der Waals surface area contributed by atoms with Crippen molar-refractivity contribution < 1.29 is 19.4 Å². The van der Waals surface area contributed by atoms with Gasteiger partial charge in [-0.05, 0) is 31.5 Å². The van der Waals surface area contributed by atoms with E-state index in [9.17, 15) is 4.79 Å². The maximum Gasteiger partial charge on any atom is 0.332 e. The molecule has 94 valence electrons. The van der Waals surface area contributed by atoms with Crippen LogP contribution in [0.15, 0.2) is 24.3 Å². The summed E-state index contributed by atoms with van der Waals surface area (Å²) < 4.78 is 10.6. The molecule has 1 unspecified atom stereocenters. The molecule has 0 saturated heterocycles. The first-order valence-corrected chi connectivity index (χ1v) is 5.63. The molecule has 0 aliphatic rings. The van der Waals surface area contributed by atoms with E-state index in [-0.39, 0.29) is 0 Å². The second kappa shape index (κ2) is 6.91. The molecule has 0 saturated carbocycles. The molecule has 1 rings (SSSR count). The van der Waals surface area contributed by atoms with Crippen LogP contribution in [0.5, 0.6) is 5.75 Å². The molecule has 17 heavy (non-hydrogen) atoms. The van der Waals surface area contributed by atoms with Gasteiger partial charge in [-0.25, -0.2) is 4.79 Å². The lowest BCUT2D eigenvalue weighted by Crippen LogP contribution is -2.20. The molecule has 1 atom stereocenters. The molecular weight excluding hydrogens is 220 g/mol. The highest BCUT2D eigenvalue weighted by molar-refractivity contribution is 5.71. The molecule has 0 heterocycles. The van der Waals surface area contributed by atoms with Gasteiger partial charge in [0.1, 0.15) is 5.75 Å². The molecule has 1 aromatic rings. The van der Waals surface area contributed by atoms with Gasteiger partial charge in [-0.3, -0.25) is 0 Å². The van der Waals surface area contributed by atoms with Crippen molar-refractivity contribution in [1.29, 1.82) is 0 Å². The number of aliphatic carboxylic acids is 1. The first-order valence-electron chi connectivity index (χ1n) is 5.63. The fourth-order valence-corrected chi connectivity index (χ4v) is 1.29. The van der Waals surface area contributed by atoms with Gasteiger partial charge in [0, 0.05) is 6.42 Å². The lowest BCUT2D eigenvalue weighted by molar-refractivity contribution is -0.149. The molecule has 1 N–H and O–H groups in total. The van der Waals surface area contributed by atoms with Gasteiger partial charge >= 0.3 is 5.97 Å². The molecule has 0 radical (unpaired) electrons. The number of rotatable bonds is 7. The minimum absolute atomic E-state index is 0.388. The van der Waals surface area contributed by atoms with E-state index in [2.05, 4.69) is 0 Å². The number of carbonyl (C=O) groups is 1. The van der Waals surface area contributed by atoms with Crippen molar-refractivity contribution in [3.8, 4) is 5.75 Å². The maximum absolute atomic E-state index is 10.5. The zero-order valence-corrected chi connectivity index (χ0v) is 10.2. The summed E-state index contributed by atoms with van der Waals surface area (Å²) in [5.41, 5.74) is 1.15. The Morgan fingerprint density at radius 1 is 1.41 bits per heavy atom. The third-order valence-corrected chi connectivity index (χ3v) is 2.26. The lowest BCUT2D eigenvalue weighted by atomic mass is 10.2. The molecule has 0 amide bonds. The topological polar surface area (TPSA) is 55.8 Å². The molecule has 1 aromatic carbocycles. The number of ether oxygens (including phenoxy) is 2. The van der Waals surface area contributed by atoms with Crippen LogP contribution < -0.4 is 4.74 Å². The minimum atomic E-state index is -0.940. The van der Waals surface area contributed by atoms with Crippen LogP contribution in [0.1, 0.15) is 18.9 Å². The van der Waals surface area contributed by atoms with Gasteiger partial charge < -0.3 is 14.6 Å². The monoisotopic (exact) mass is 238 g/mol. The average molecular weight is 238 g/mol. The largest absolute Gasteiger partial charge is 0.493 e. The van der Waals surface area contributed by atoms with Crippen molar-refractivity contribution >= 4 is 5.97 Å². The van der Waals surface area contributed by atoms with Crippen molar-refractivity contribution in [2.45, 2.75) is 26.4 Å². The Morgan fingerprint density at radius 3 is 2.82 bits per heavy atom. The molecule has 4 nitrogen and oxygen atoms in total. The molecule has 0 bridgehead atoms. The second-order valence-electron chi connectivity index (χ2n) is 3.87. The van der Waals surface area contributed by atoms with Crippen molar-refractivity contribution in [1.82, 2.24) is 0 Å². The normalized spacial score (nSPS) is 12.1. The summed E-state index contributed by atoms with van der Waals surface area (Å²) in [7, 11) is 0. The molecule has 0 aliphatic carbocycles. The van der Waals surface area contributed by atoms with Crippen molar-refractivity contribution in [2.24, 2.45) is 0 Å². The van der Waals surface area contributed by atoms with E-state index in [1.165, 1.54) is 6.92 Å². The number of hydrogen-bond donors (Lipinski definition) is 1. The Bertz CT molecular complexity index is 362. The van der Waals surface area contributed by atoms with Crippen LogP contribution in [0.3, 0.4) is 0 Å². The molecule has 0 spiro atoms. The van der Waals surface area contributed by atoms with E-state index < -0.39 is 12.1 Å². The van der Waals surface area contributed by atoms with Crippen LogP contribution in [0.4, 0.5) is 0 Å². The van der Waals surface area contributed by atoms with E-state index in [0.29, 0.717) is 19.6 Å². The Labute approximate surface area is 101 Å². The van der Waals surface area contributed by atoms with Crippen LogP contribution in [-0.4, -0.2) is 30.4 Å². The summed E-state index contributed by atoms with van der Waals surface area (Å²) in [5.74, 6) is -0.110. The number of hydrogen-bond acceptors (Lipinski definition) is 3. The third-order valence-electron chi connectivity index (χ3n) is 2.26. The first-order chi connectivity index (χ1) is 8.09. The van der Waals surface area contributed by atoms with Crippen molar-refractivity contribution in [3.05, 3.63) is 29.8 Å². The minimum Gasteiger partial charge on any atom is -0.493 e. The second-order valence-corrected chi connectivity index (χ2v) is 3.87. The number of carboxylic acid groups (broad SMARTS) is 1.